The number of fused-ring (bicyclic) bond motifs is 1. The van der Waals surface area contributed by atoms with Crippen LogP contribution in [0.3, 0.4) is 0 Å². The number of aromatic nitrogens is 3. The fraction of sp³-hybridized carbons (Fsp3) is 0.571. The zero-order chi connectivity index (χ0) is 13.2. The molecule has 2 aromatic rings. The summed E-state index contributed by atoms with van der Waals surface area (Å²) in [7, 11) is 2.02. The quantitative estimate of drug-likeness (QED) is 0.933. The number of aryl methyl sites for hydroxylation is 2. The van der Waals surface area contributed by atoms with E-state index in [4.69, 9.17) is 4.98 Å². The molecule has 102 valence electrons. The van der Waals surface area contributed by atoms with Gasteiger partial charge in [0, 0.05) is 11.9 Å². The lowest BCUT2D eigenvalue weighted by atomic mass is 9.97. The van der Waals surface area contributed by atoms with Crippen LogP contribution in [0.2, 0.25) is 0 Å². The zero-order valence-electron chi connectivity index (χ0n) is 11.5. The Hall–Kier alpha value is -1.20. The van der Waals surface area contributed by atoms with Crippen molar-refractivity contribution in [1.29, 1.82) is 0 Å². The van der Waals surface area contributed by atoms with Gasteiger partial charge >= 0.3 is 0 Å². The number of rotatable bonds is 4. The maximum atomic E-state index is 4.88. The first kappa shape index (κ1) is 12.8. The second kappa shape index (κ2) is 5.43. The van der Waals surface area contributed by atoms with Crippen LogP contribution < -0.4 is 5.32 Å². The van der Waals surface area contributed by atoms with E-state index in [0.29, 0.717) is 6.04 Å². The Labute approximate surface area is 117 Å². The Bertz CT molecular complexity index is 558. The number of imidazole rings is 1. The molecule has 4 nitrogen and oxygen atoms in total. The predicted octanol–water partition coefficient (Wildman–Crippen LogP) is 2.92. The maximum absolute atomic E-state index is 4.88. The van der Waals surface area contributed by atoms with E-state index in [1.165, 1.54) is 36.3 Å². The summed E-state index contributed by atoms with van der Waals surface area (Å²) in [5, 5.41) is 4.73. The molecule has 1 atom stereocenters. The van der Waals surface area contributed by atoms with Crippen molar-refractivity contribution in [2.24, 2.45) is 7.05 Å². The molecular formula is C14H20N4S. The van der Waals surface area contributed by atoms with E-state index in [1.807, 2.05) is 35.5 Å². The fourth-order valence-electron chi connectivity index (χ4n) is 2.61. The number of nitrogens with zero attached hydrogens (tertiary/aromatic N) is 3. The minimum atomic E-state index is 0.446. The molecule has 1 aliphatic carbocycles. The molecule has 0 aliphatic heterocycles. The molecular weight excluding hydrogens is 256 g/mol. The first-order valence-electron chi connectivity index (χ1n) is 6.99. The summed E-state index contributed by atoms with van der Waals surface area (Å²) in [5.41, 5.74) is 2.40. The van der Waals surface area contributed by atoms with Gasteiger partial charge in [0.25, 0.3) is 0 Å². The molecule has 1 unspecified atom stereocenters. The highest BCUT2D eigenvalue weighted by Gasteiger charge is 2.25. The highest BCUT2D eigenvalue weighted by Crippen LogP contribution is 2.36. The smallest absolute Gasteiger partial charge is 0.142 e. The second-order valence-corrected chi connectivity index (χ2v) is 6.20. The van der Waals surface area contributed by atoms with Gasteiger partial charge in [-0.05, 0) is 32.2 Å². The van der Waals surface area contributed by atoms with Crippen LogP contribution >= 0.6 is 11.3 Å². The highest BCUT2D eigenvalue weighted by atomic mass is 32.1. The normalized spacial score (nSPS) is 18.5. The topological polar surface area (TPSA) is 42.7 Å². The molecule has 2 aromatic heterocycles. The van der Waals surface area contributed by atoms with E-state index < -0.39 is 0 Å². The van der Waals surface area contributed by atoms with Crippen molar-refractivity contribution in [2.45, 2.75) is 38.6 Å². The molecule has 3 rings (SSSR count). The van der Waals surface area contributed by atoms with Crippen molar-refractivity contribution in [1.82, 2.24) is 19.9 Å². The minimum absolute atomic E-state index is 0.446. The first-order chi connectivity index (χ1) is 9.29. The molecule has 0 aromatic carbocycles. The average molecular weight is 276 g/mol. The van der Waals surface area contributed by atoms with Gasteiger partial charge in [0.05, 0.1) is 30.0 Å². The molecule has 5 heteroatoms. The Balaban J connectivity index is 1.91. The molecule has 1 N–H and O–H groups in total. The SMILES string of the molecule is CCCNC1CCCc2sc(-c3cncn3C)nc21. The lowest BCUT2D eigenvalue weighted by molar-refractivity contribution is 0.454. The van der Waals surface area contributed by atoms with Crippen LogP contribution in [0, 0.1) is 0 Å². The van der Waals surface area contributed by atoms with E-state index in [1.54, 1.807) is 0 Å². The molecule has 1 aliphatic rings. The summed E-state index contributed by atoms with van der Waals surface area (Å²) < 4.78 is 2.04. The largest absolute Gasteiger partial charge is 0.332 e. The average Bonchev–Trinajstić information content (AvgIpc) is 3.01. The van der Waals surface area contributed by atoms with Crippen LogP contribution in [0.5, 0.6) is 0 Å². The van der Waals surface area contributed by atoms with Crippen LogP contribution in [0.4, 0.5) is 0 Å². The molecule has 0 bridgehead atoms. The number of hydrogen-bond donors (Lipinski definition) is 1. The summed E-state index contributed by atoms with van der Waals surface area (Å²) in [6.45, 7) is 3.28. The Morgan fingerprint density at radius 1 is 1.53 bits per heavy atom. The molecule has 19 heavy (non-hydrogen) atoms. The molecule has 0 saturated heterocycles. The molecule has 0 radical (unpaired) electrons. The van der Waals surface area contributed by atoms with Gasteiger partial charge in [-0.2, -0.15) is 0 Å². The van der Waals surface area contributed by atoms with Crippen LogP contribution in [0.1, 0.15) is 42.8 Å². The molecule has 0 saturated carbocycles. The van der Waals surface area contributed by atoms with Crippen LogP contribution in [-0.4, -0.2) is 21.1 Å². The third-order valence-electron chi connectivity index (χ3n) is 3.63. The van der Waals surface area contributed by atoms with E-state index in [-0.39, 0.29) is 0 Å². The zero-order valence-corrected chi connectivity index (χ0v) is 12.3. The van der Waals surface area contributed by atoms with Gasteiger partial charge in [-0.15, -0.1) is 11.3 Å². The van der Waals surface area contributed by atoms with E-state index in [9.17, 15) is 0 Å². The monoisotopic (exact) mass is 276 g/mol. The van der Waals surface area contributed by atoms with Crippen molar-refractivity contribution in [2.75, 3.05) is 6.54 Å². The predicted molar refractivity (Wildman–Crippen MR) is 78.3 cm³/mol. The van der Waals surface area contributed by atoms with Crippen molar-refractivity contribution in [3.63, 3.8) is 0 Å². The van der Waals surface area contributed by atoms with Crippen molar-refractivity contribution in [3.8, 4) is 10.7 Å². The van der Waals surface area contributed by atoms with Crippen molar-refractivity contribution < 1.29 is 0 Å². The first-order valence-corrected chi connectivity index (χ1v) is 7.81. The standard InChI is InChI=1S/C14H20N4S/c1-3-7-16-10-5-4-6-12-13(10)17-14(19-12)11-8-15-9-18(11)2/h8-10,16H,3-7H2,1-2H3. The summed E-state index contributed by atoms with van der Waals surface area (Å²) >= 11 is 1.83. The number of hydrogen-bond acceptors (Lipinski definition) is 4. The number of thiazole rings is 1. The van der Waals surface area contributed by atoms with E-state index >= 15 is 0 Å². The van der Waals surface area contributed by atoms with Gasteiger partial charge in [0.15, 0.2) is 0 Å². The van der Waals surface area contributed by atoms with Crippen LogP contribution in [0.15, 0.2) is 12.5 Å². The fourth-order valence-corrected chi connectivity index (χ4v) is 3.83. The Morgan fingerprint density at radius 3 is 3.16 bits per heavy atom. The maximum Gasteiger partial charge on any atom is 0.142 e. The molecule has 0 amide bonds. The summed E-state index contributed by atoms with van der Waals surface area (Å²) in [4.78, 5) is 10.5. The molecule has 0 fully saturated rings. The van der Waals surface area contributed by atoms with Crippen LogP contribution in [0.25, 0.3) is 10.7 Å². The van der Waals surface area contributed by atoms with E-state index in [0.717, 1.165) is 17.2 Å². The molecule has 0 spiro atoms. The Morgan fingerprint density at radius 2 is 2.42 bits per heavy atom. The van der Waals surface area contributed by atoms with Crippen LogP contribution in [-0.2, 0) is 13.5 Å². The Kier molecular flexibility index (Phi) is 3.66. The highest BCUT2D eigenvalue weighted by molar-refractivity contribution is 7.15. The van der Waals surface area contributed by atoms with Crippen molar-refractivity contribution >= 4 is 11.3 Å². The van der Waals surface area contributed by atoms with Crippen molar-refractivity contribution in [3.05, 3.63) is 23.1 Å². The van der Waals surface area contributed by atoms with Gasteiger partial charge in [-0.1, -0.05) is 6.92 Å². The molecule has 2 heterocycles. The third-order valence-corrected chi connectivity index (χ3v) is 4.78. The minimum Gasteiger partial charge on any atom is -0.332 e. The summed E-state index contributed by atoms with van der Waals surface area (Å²) in [5.74, 6) is 0. The van der Waals surface area contributed by atoms with E-state index in [2.05, 4.69) is 17.2 Å². The van der Waals surface area contributed by atoms with Gasteiger partial charge in [-0.3, -0.25) is 0 Å². The van der Waals surface area contributed by atoms with Gasteiger partial charge in [0.2, 0.25) is 0 Å². The lowest BCUT2D eigenvalue weighted by Gasteiger charge is -2.22. The lowest BCUT2D eigenvalue weighted by Crippen LogP contribution is -2.25. The van der Waals surface area contributed by atoms with Gasteiger partial charge in [-0.25, -0.2) is 9.97 Å². The summed E-state index contributed by atoms with van der Waals surface area (Å²) in [6, 6.07) is 0.446. The summed E-state index contributed by atoms with van der Waals surface area (Å²) in [6.07, 6.45) is 8.56. The third kappa shape index (κ3) is 2.44. The van der Waals surface area contributed by atoms with Gasteiger partial charge < -0.3 is 9.88 Å². The second-order valence-electron chi connectivity index (χ2n) is 5.12. The van der Waals surface area contributed by atoms with Gasteiger partial charge in [0.1, 0.15) is 5.01 Å². The number of nitrogens with one attached hydrogen (secondary N) is 1.